The van der Waals surface area contributed by atoms with E-state index in [1.54, 1.807) is 0 Å². The van der Waals surface area contributed by atoms with Crippen molar-refractivity contribution >= 4 is 0 Å². The summed E-state index contributed by atoms with van der Waals surface area (Å²) >= 11 is 0. The minimum atomic E-state index is -0.583. The number of piperidine rings is 1. The number of rotatable bonds is 6. The summed E-state index contributed by atoms with van der Waals surface area (Å²) in [5.41, 5.74) is 0. The first-order chi connectivity index (χ1) is 10.5. The zero-order valence-corrected chi connectivity index (χ0v) is 14.7. The van der Waals surface area contributed by atoms with Crippen molar-refractivity contribution in [1.29, 1.82) is 0 Å². The van der Waals surface area contributed by atoms with Crippen LogP contribution in [-0.2, 0) is 0 Å². The summed E-state index contributed by atoms with van der Waals surface area (Å²) in [6.45, 7) is 5.07. The Balaban J connectivity index is 1.67. The largest absolute Gasteiger partial charge is 0.390 e. The van der Waals surface area contributed by atoms with Crippen LogP contribution in [0.4, 0.5) is 0 Å². The van der Waals surface area contributed by atoms with Gasteiger partial charge >= 0.3 is 0 Å². The van der Waals surface area contributed by atoms with Gasteiger partial charge in [0.25, 0.3) is 0 Å². The van der Waals surface area contributed by atoms with Crippen LogP contribution in [0.15, 0.2) is 0 Å². The Bertz CT molecular complexity index is 308. The second-order valence-corrected chi connectivity index (χ2v) is 7.99. The molecule has 1 saturated heterocycles. The minimum absolute atomic E-state index is 0.555. The van der Waals surface area contributed by atoms with Gasteiger partial charge in [-0.05, 0) is 84.0 Å². The number of aliphatic hydroxyl groups excluding tert-OH is 2. The van der Waals surface area contributed by atoms with Crippen LogP contribution in [0.1, 0.15) is 51.9 Å². The third kappa shape index (κ3) is 5.48. The molecule has 2 unspecified atom stereocenters. The minimum Gasteiger partial charge on any atom is -0.390 e. The molecule has 0 bridgehead atoms. The van der Waals surface area contributed by atoms with Gasteiger partial charge in [0.05, 0.1) is 12.2 Å². The second kappa shape index (κ2) is 8.62. The Labute approximate surface area is 136 Å². The first-order valence-electron chi connectivity index (χ1n) is 9.20. The Hall–Kier alpha value is -0.160. The molecule has 4 heteroatoms. The van der Waals surface area contributed by atoms with Gasteiger partial charge in [-0.25, -0.2) is 0 Å². The Kier molecular flexibility index (Phi) is 7.13. The quantitative estimate of drug-likeness (QED) is 0.787. The zero-order chi connectivity index (χ0) is 16.1. The first-order valence-corrected chi connectivity index (χ1v) is 9.20. The van der Waals surface area contributed by atoms with Crippen molar-refractivity contribution in [3.8, 4) is 0 Å². The summed E-state index contributed by atoms with van der Waals surface area (Å²) in [6.07, 6.45) is 6.90. The van der Waals surface area contributed by atoms with Crippen molar-refractivity contribution in [3.05, 3.63) is 0 Å². The molecule has 0 radical (unpaired) electrons. The summed E-state index contributed by atoms with van der Waals surface area (Å²) in [5.74, 6) is 1.40. The van der Waals surface area contributed by atoms with E-state index < -0.39 is 12.2 Å². The predicted molar refractivity (Wildman–Crippen MR) is 90.9 cm³/mol. The molecule has 22 heavy (non-hydrogen) atoms. The van der Waals surface area contributed by atoms with Crippen LogP contribution in [0.25, 0.3) is 0 Å². The first kappa shape index (κ1) is 18.2. The maximum absolute atomic E-state index is 10.3. The summed E-state index contributed by atoms with van der Waals surface area (Å²) in [6, 6.07) is 0.702. The molecule has 4 nitrogen and oxygen atoms in total. The molecule has 0 amide bonds. The lowest BCUT2D eigenvalue weighted by molar-refractivity contribution is -0.0223. The van der Waals surface area contributed by atoms with E-state index in [9.17, 15) is 10.2 Å². The molecule has 0 aromatic heterocycles. The molecule has 1 saturated carbocycles. The molecule has 1 aliphatic carbocycles. The summed E-state index contributed by atoms with van der Waals surface area (Å²) < 4.78 is 0. The van der Waals surface area contributed by atoms with Crippen LogP contribution in [-0.4, -0.2) is 72.0 Å². The van der Waals surface area contributed by atoms with Gasteiger partial charge in [0.2, 0.25) is 0 Å². The lowest BCUT2D eigenvalue weighted by atomic mass is 9.81. The average Bonchev–Trinajstić information content (AvgIpc) is 2.50. The van der Waals surface area contributed by atoms with Gasteiger partial charge in [-0.15, -0.1) is 0 Å². The van der Waals surface area contributed by atoms with Gasteiger partial charge in [-0.1, -0.05) is 6.92 Å². The van der Waals surface area contributed by atoms with Crippen molar-refractivity contribution in [2.24, 2.45) is 11.8 Å². The molecule has 130 valence electrons. The molecule has 1 heterocycles. The standard InChI is InChI=1S/C18H36N2O2/c1-14-8-10-20(11-9-14)13-18(22)17(21)12-15-4-6-16(7-5-15)19(2)3/h14-18,21-22H,4-13H2,1-3H3. The highest BCUT2D eigenvalue weighted by molar-refractivity contribution is 4.82. The summed E-state index contributed by atoms with van der Waals surface area (Å²) in [5, 5.41) is 20.6. The fourth-order valence-corrected chi connectivity index (χ4v) is 4.03. The molecular formula is C18H36N2O2. The monoisotopic (exact) mass is 312 g/mol. The highest BCUT2D eigenvalue weighted by atomic mass is 16.3. The predicted octanol–water partition coefficient (Wildman–Crippen LogP) is 1.95. The molecule has 0 spiro atoms. The van der Waals surface area contributed by atoms with Crippen molar-refractivity contribution in [3.63, 3.8) is 0 Å². The normalized spacial score (nSPS) is 31.4. The molecule has 1 aliphatic heterocycles. The van der Waals surface area contributed by atoms with Gasteiger partial charge in [0, 0.05) is 12.6 Å². The molecule has 2 atom stereocenters. The summed E-state index contributed by atoms with van der Waals surface area (Å²) in [4.78, 5) is 4.63. The Morgan fingerprint density at radius 3 is 2.09 bits per heavy atom. The van der Waals surface area contributed by atoms with Crippen LogP contribution in [0.2, 0.25) is 0 Å². The SMILES string of the molecule is CC1CCN(CC(O)C(O)CC2CCC(N(C)C)CC2)CC1. The zero-order valence-electron chi connectivity index (χ0n) is 14.7. The third-order valence-electron chi connectivity index (χ3n) is 5.89. The molecule has 2 fully saturated rings. The van der Waals surface area contributed by atoms with Gasteiger partial charge in [0.15, 0.2) is 0 Å². The van der Waals surface area contributed by atoms with Gasteiger partial charge < -0.3 is 20.0 Å². The molecule has 2 aliphatic rings. The number of aliphatic hydroxyl groups is 2. The molecule has 0 aromatic rings. The van der Waals surface area contributed by atoms with E-state index in [2.05, 4.69) is 30.8 Å². The van der Waals surface area contributed by atoms with Crippen LogP contribution in [0.3, 0.4) is 0 Å². The second-order valence-electron chi connectivity index (χ2n) is 7.99. The van der Waals surface area contributed by atoms with Crippen molar-refractivity contribution < 1.29 is 10.2 Å². The van der Waals surface area contributed by atoms with Crippen molar-refractivity contribution in [2.45, 2.75) is 70.1 Å². The van der Waals surface area contributed by atoms with E-state index in [0.717, 1.165) is 25.4 Å². The van der Waals surface area contributed by atoms with Crippen molar-refractivity contribution in [1.82, 2.24) is 9.80 Å². The molecule has 2 N–H and O–H groups in total. The maximum Gasteiger partial charge on any atom is 0.0925 e. The van der Waals surface area contributed by atoms with Gasteiger partial charge in [-0.3, -0.25) is 0 Å². The van der Waals surface area contributed by atoms with Crippen LogP contribution >= 0.6 is 0 Å². The lowest BCUT2D eigenvalue weighted by Gasteiger charge is -2.35. The highest BCUT2D eigenvalue weighted by Gasteiger charge is 2.28. The van der Waals surface area contributed by atoms with E-state index in [4.69, 9.17) is 0 Å². The van der Waals surface area contributed by atoms with E-state index >= 15 is 0 Å². The summed E-state index contributed by atoms with van der Waals surface area (Å²) in [7, 11) is 4.31. The maximum atomic E-state index is 10.3. The fourth-order valence-electron chi connectivity index (χ4n) is 4.03. The lowest BCUT2D eigenvalue weighted by Crippen LogP contribution is -2.43. The van der Waals surface area contributed by atoms with Crippen LogP contribution in [0.5, 0.6) is 0 Å². The molecule has 2 rings (SSSR count). The Morgan fingerprint density at radius 1 is 0.955 bits per heavy atom. The number of hydrogen-bond donors (Lipinski definition) is 2. The fraction of sp³-hybridized carbons (Fsp3) is 1.00. The van der Waals surface area contributed by atoms with Gasteiger partial charge in [0.1, 0.15) is 0 Å². The van der Waals surface area contributed by atoms with E-state index in [1.807, 2.05) is 0 Å². The Morgan fingerprint density at radius 2 is 1.55 bits per heavy atom. The van der Waals surface area contributed by atoms with E-state index in [0.29, 0.717) is 18.5 Å². The number of likely N-dealkylation sites (tertiary alicyclic amines) is 1. The van der Waals surface area contributed by atoms with E-state index in [-0.39, 0.29) is 0 Å². The number of β-amino-alcohol motifs (C(OH)–C–C–N with tert-alkyl or cyclic N) is 1. The molecule has 0 aromatic carbocycles. The molecular weight excluding hydrogens is 276 g/mol. The number of hydrogen-bond acceptors (Lipinski definition) is 4. The van der Waals surface area contributed by atoms with Crippen LogP contribution < -0.4 is 0 Å². The van der Waals surface area contributed by atoms with Crippen LogP contribution in [0, 0.1) is 11.8 Å². The topological polar surface area (TPSA) is 46.9 Å². The average molecular weight is 312 g/mol. The van der Waals surface area contributed by atoms with Gasteiger partial charge in [-0.2, -0.15) is 0 Å². The highest BCUT2D eigenvalue weighted by Crippen LogP contribution is 2.30. The smallest absolute Gasteiger partial charge is 0.0925 e. The van der Waals surface area contributed by atoms with E-state index in [1.165, 1.54) is 38.5 Å². The van der Waals surface area contributed by atoms with Crippen molar-refractivity contribution in [2.75, 3.05) is 33.7 Å². The number of nitrogens with zero attached hydrogens (tertiary/aromatic N) is 2. The third-order valence-corrected chi connectivity index (χ3v) is 5.89.